The molecular formula is C12H17N2O. The van der Waals surface area contributed by atoms with Crippen LogP contribution in [0.3, 0.4) is 0 Å². The van der Waals surface area contributed by atoms with Gasteiger partial charge in [-0.25, -0.2) is 5.32 Å². The molecule has 1 N–H and O–H groups in total. The molecule has 1 aliphatic heterocycles. The Morgan fingerprint density at radius 1 is 1.40 bits per heavy atom. The second kappa shape index (κ2) is 5.14. The molecule has 0 aromatic heterocycles. The van der Waals surface area contributed by atoms with Crippen molar-refractivity contribution >= 4 is 0 Å². The van der Waals surface area contributed by atoms with Crippen molar-refractivity contribution in [2.45, 2.75) is 19.0 Å². The summed E-state index contributed by atoms with van der Waals surface area (Å²) in [6.45, 7) is 2.90. The summed E-state index contributed by atoms with van der Waals surface area (Å²) in [7, 11) is 1.69. The van der Waals surface area contributed by atoms with Gasteiger partial charge in [-0.3, -0.25) is 0 Å². The van der Waals surface area contributed by atoms with Crippen LogP contribution in [0.5, 0.6) is 5.75 Å². The van der Waals surface area contributed by atoms with Crippen molar-refractivity contribution in [1.29, 1.82) is 0 Å². The van der Waals surface area contributed by atoms with Crippen LogP contribution in [-0.4, -0.2) is 26.2 Å². The van der Waals surface area contributed by atoms with E-state index in [0.29, 0.717) is 6.04 Å². The lowest BCUT2D eigenvalue weighted by Crippen LogP contribution is -2.29. The highest BCUT2D eigenvalue weighted by molar-refractivity contribution is 5.27. The molecule has 1 aliphatic rings. The maximum atomic E-state index is 5.11. The largest absolute Gasteiger partial charge is 0.497 e. The Morgan fingerprint density at radius 2 is 2.20 bits per heavy atom. The van der Waals surface area contributed by atoms with E-state index in [1.807, 2.05) is 12.1 Å². The van der Waals surface area contributed by atoms with Crippen molar-refractivity contribution in [2.75, 3.05) is 20.2 Å². The monoisotopic (exact) mass is 205 g/mol. The number of rotatable bonds is 4. The second-order valence-electron chi connectivity index (χ2n) is 3.84. The van der Waals surface area contributed by atoms with E-state index in [1.54, 1.807) is 7.11 Å². The van der Waals surface area contributed by atoms with Crippen molar-refractivity contribution in [2.24, 2.45) is 0 Å². The van der Waals surface area contributed by atoms with Crippen LogP contribution in [0, 0.1) is 0 Å². The van der Waals surface area contributed by atoms with Crippen LogP contribution >= 0.6 is 0 Å². The zero-order chi connectivity index (χ0) is 10.5. The molecule has 3 nitrogen and oxygen atoms in total. The lowest BCUT2D eigenvalue weighted by atomic mass is 10.2. The van der Waals surface area contributed by atoms with Crippen molar-refractivity contribution in [3.8, 4) is 5.75 Å². The van der Waals surface area contributed by atoms with Gasteiger partial charge >= 0.3 is 0 Å². The summed E-state index contributed by atoms with van der Waals surface area (Å²) in [5.74, 6) is 0.912. The van der Waals surface area contributed by atoms with Gasteiger partial charge in [-0.1, -0.05) is 12.1 Å². The third-order valence-electron chi connectivity index (χ3n) is 2.74. The van der Waals surface area contributed by atoms with Crippen molar-refractivity contribution in [1.82, 2.24) is 10.6 Å². The van der Waals surface area contributed by atoms with Crippen LogP contribution < -0.4 is 15.4 Å². The van der Waals surface area contributed by atoms with E-state index in [9.17, 15) is 0 Å². The Hall–Kier alpha value is -1.06. The lowest BCUT2D eigenvalue weighted by Gasteiger charge is -2.10. The molecule has 1 aromatic carbocycles. The van der Waals surface area contributed by atoms with Gasteiger partial charge in [0.2, 0.25) is 0 Å². The highest BCUT2D eigenvalue weighted by Crippen LogP contribution is 2.11. The van der Waals surface area contributed by atoms with Crippen LogP contribution in [0.15, 0.2) is 24.3 Å². The van der Waals surface area contributed by atoms with Crippen LogP contribution in [0.2, 0.25) is 0 Å². The van der Waals surface area contributed by atoms with Gasteiger partial charge in [0.25, 0.3) is 0 Å². The number of hydrogen-bond acceptors (Lipinski definition) is 2. The van der Waals surface area contributed by atoms with Gasteiger partial charge < -0.3 is 10.1 Å². The average molecular weight is 205 g/mol. The second-order valence-corrected chi connectivity index (χ2v) is 3.84. The normalized spacial score (nSPS) is 20.5. The molecule has 3 heteroatoms. The molecule has 81 valence electrons. The zero-order valence-corrected chi connectivity index (χ0v) is 9.07. The minimum atomic E-state index is 0.576. The molecule has 0 unspecified atom stereocenters. The lowest BCUT2D eigenvalue weighted by molar-refractivity contribution is 0.414. The van der Waals surface area contributed by atoms with Gasteiger partial charge in [-0.05, 0) is 24.1 Å². The standard InChI is InChI=1S/C12H17N2O/c1-15-12-4-2-10(3-5-12)8-14-11-6-7-13-9-11/h2-5,11,14H,6-9H2,1H3/t11-/m0/s1. The Balaban J connectivity index is 1.82. The Kier molecular flexibility index (Phi) is 3.59. The molecule has 15 heavy (non-hydrogen) atoms. The van der Waals surface area contributed by atoms with E-state index in [4.69, 9.17) is 4.74 Å². The molecule has 2 rings (SSSR count). The maximum Gasteiger partial charge on any atom is 0.118 e. The van der Waals surface area contributed by atoms with Gasteiger partial charge in [0.15, 0.2) is 0 Å². The van der Waals surface area contributed by atoms with Gasteiger partial charge in [0.05, 0.1) is 7.11 Å². The molecule has 0 bridgehead atoms. The molecule has 1 aromatic rings. The molecule has 0 aliphatic carbocycles. The molecule has 1 radical (unpaired) electrons. The first-order valence-corrected chi connectivity index (χ1v) is 5.38. The molecule has 1 atom stereocenters. The zero-order valence-electron chi connectivity index (χ0n) is 9.07. The van der Waals surface area contributed by atoms with E-state index >= 15 is 0 Å². The number of benzene rings is 1. The van der Waals surface area contributed by atoms with E-state index in [-0.39, 0.29) is 0 Å². The smallest absolute Gasteiger partial charge is 0.118 e. The molecular weight excluding hydrogens is 188 g/mol. The van der Waals surface area contributed by atoms with Crippen LogP contribution in [0.1, 0.15) is 12.0 Å². The van der Waals surface area contributed by atoms with E-state index in [2.05, 4.69) is 22.8 Å². The summed E-state index contributed by atoms with van der Waals surface area (Å²) in [6, 6.07) is 8.76. The summed E-state index contributed by atoms with van der Waals surface area (Å²) in [4.78, 5) is 0. The third kappa shape index (κ3) is 2.94. The van der Waals surface area contributed by atoms with Gasteiger partial charge in [0, 0.05) is 25.7 Å². The summed E-state index contributed by atoms with van der Waals surface area (Å²) in [5.41, 5.74) is 1.29. The molecule has 0 amide bonds. The van der Waals surface area contributed by atoms with Crippen LogP contribution in [0.4, 0.5) is 0 Å². The highest BCUT2D eigenvalue weighted by Gasteiger charge is 2.13. The number of methoxy groups -OCH3 is 1. The highest BCUT2D eigenvalue weighted by atomic mass is 16.5. The van der Waals surface area contributed by atoms with Gasteiger partial charge in [-0.2, -0.15) is 0 Å². The molecule has 1 heterocycles. The summed E-state index contributed by atoms with van der Waals surface area (Å²) < 4.78 is 5.11. The third-order valence-corrected chi connectivity index (χ3v) is 2.74. The van der Waals surface area contributed by atoms with Crippen molar-refractivity contribution in [3.63, 3.8) is 0 Å². The fourth-order valence-electron chi connectivity index (χ4n) is 1.76. The Bertz CT molecular complexity index is 291. The van der Waals surface area contributed by atoms with E-state index in [1.165, 1.54) is 12.0 Å². The number of nitrogens with zero attached hydrogens (tertiary/aromatic N) is 1. The molecule has 0 saturated carbocycles. The summed E-state index contributed by atoms with van der Waals surface area (Å²) >= 11 is 0. The minimum absolute atomic E-state index is 0.576. The molecule has 1 fully saturated rings. The van der Waals surface area contributed by atoms with E-state index in [0.717, 1.165) is 25.4 Å². The number of nitrogens with one attached hydrogen (secondary N) is 1. The molecule has 1 saturated heterocycles. The predicted octanol–water partition coefficient (Wildman–Crippen LogP) is 1.16. The number of hydrogen-bond donors (Lipinski definition) is 1. The summed E-state index contributed by atoms with van der Waals surface area (Å²) in [6.07, 6.45) is 1.18. The Morgan fingerprint density at radius 3 is 2.80 bits per heavy atom. The maximum absolute atomic E-state index is 5.11. The minimum Gasteiger partial charge on any atom is -0.497 e. The van der Waals surface area contributed by atoms with Crippen molar-refractivity contribution < 1.29 is 4.74 Å². The van der Waals surface area contributed by atoms with E-state index < -0.39 is 0 Å². The van der Waals surface area contributed by atoms with Crippen molar-refractivity contribution in [3.05, 3.63) is 29.8 Å². The van der Waals surface area contributed by atoms with Crippen LogP contribution in [-0.2, 0) is 6.54 Å². The topological polar surface area (TPSA) is 35.4 Å². The quantitative estimate of drug-likeness (QED) is 0.800. The molecule has 0 spiro atoms. The first kappa shape index (κ1) is 10.5. The van der Waals surface area contributed by atoms with Gasteiger partial charge in [-0.15, -0.1) is 0 Å². The first-order valence-electron chi connectivity index (χ1n) is 5.38. The SMILES string of the molecule is COc1ccc(CN[C@H]2CC[N]C2)cc1. The van der Waals surface area contributed by atoms with Gasteiger partial charge in [0.1, 0.15) is 5.75 Å². The fourth-order valence-corrected chi connectivity index (χ4v) is 1.76. The summed E-state index contributed by atoms with van der Waals surface area (Å²) in [5, 5.41) is 7.82. The first-order chi connectivity index (χ1) is 7.38. The average Bonchev–Trinajstić information content (AvgIpc) is 2.80. The fraction of sp³-hybridized carbons (Fsp3) is 0.500. The predicted molar refractivity (Wildman–Crippen MR) is 60.1 cm³/mol. The number of ether oxygens (including phenoxy) is 1. The van der Waals surface area contributed by atoms with Crippen LogP contribution in [0.25, 0.3) is 0 Å². The Labute approximate surface area is 90.8 Å².